The van der Waals surface area contributed by atoms with E-state index in [1.54, 1.807) is 24.3 Å². The number of hydrogen-bond donors (Lipinski definition) is 3. The minimum absolute atomic E-state index is 0.138. The Kier molecular flexibility index (Phi) is 3.96. The molecule has 0 unspecified atom stereocenters. The van der Waals surface area contributed by atoms with Crippen molar-refractivity contribution in [3.8, 4) is 5.75 Å². The zero-order valence-corrected chi connectivity index (χ0v) is 10.9. The van der Waals surface area contributed by atoms with Gasteiger partial charge in [-0.2, -0.15) is 0 Å². The summed E-state index contributed by atoms with van der Waals surface area (Å²) < 4.78 is 4.59. The maximum absolute atomic E-state index is 11.4. The number of benzene rings is 1. The van der Waals surface area contributed by atoms with E-state index in [1.807, 2.05) is 0 Å². The number of rotatable bonds is 4. The molecule has 0 saturated heterocycles. The highest BCUT2D eigenvalue weighted by atomic mass is 32.2. The summed E-state index contributed by atoms with van der Waals surface area (Å²) in [6.45, 7) is 0. The van der Waals surface area contributed by atoms with Gasteiger partial charge in [-0.25, -0.2) is 9.59 Å². The van der Waals surface area contributed by atoms with Crippen LogP contribution in [0.25, 0.3) is 0 Å². The van der Waals surface area contributed by atoms with Gasteiger partial charge in [-0.15, -0.1) is 11.8 Å². The van der Waals surface area contributed by atoms with Crippen LogP contribution in [0.5, 0.6) is 5.75 Å². The first-order valence-electron chi connectivity index (χ1n) is 5.41. The third kappa shape index (κ3) is 3.19. The summed E-state index contributed by atoms with van der Waals surface area (Å²) in [6, 6.07) is 6.65. The second-order valence-corrected chi connectivity index (χ2v) is 4.76. The summed E-state index contributed by atoms with van der Waals surface area (Å²) in [6.07, 6.45) is 0. The zero-order valence-electron chi connectivity index (χ0n) is 10.1. The second kappa shape index (κ2) is 5.66. The first-order valence-corrected chi connectivity index (χ1v) is 6.40. The van der Waals surface area contributed by atoms with E-state index in [0.717, 1.165) is 4.90 Å². The van der Waals surface area contributed by atoms with Gasteiger partial charge in [0.25, 0.3) is 0 Å². The molecule has 1 aromatic heterocycles. The molecule has 0 bridgehead atoms. The van der Waals surface area contributed by atoms with Crippen LogP contribution in [-0.2, 0) is 10.5 Å². The Hall–Kier alpha value is -2.15. The Morgan fingerprint density at radius 1 is 1.32 bits per heavy atom. The molecule has 0 amide bonds. The van der Waals surface area contributed by atoms with Crippen LogP contribution in [0, 0.1) is 0 Å². The van der Waals surface area contributed by atoms with Gasteiger partial charge in [0.1, 0.15) is 11.4 Å². The molecular formula is C12H12N2O4S. The quantitative estimate of drug-likeness (QED) is 0.582. The molecule has 19 heavy (non-hydrogen) atoms. The molecule has 0 aliphatic rings. The molecule has 0 aliphatic heterocycles. The van der Waals surface area contributed by atoms with Gasteiger partial charge in [-0.05, 0) is 24.3 Å². The number of thioether (sulfide) groups is 1. The number of phenolic OH excluding ortho intramolecular Hbond substituents is 1. The average molecular weight is 280 g/mol. The maximum atomic E-state index is 11.4. The van der Waals surface area contributed by atoms with Crippen LogP contribution >= 0.6 is 11.8 Å². The van der Waals surface area contributed by atoms with E-state index in [1.165, 1.54) is 18.9 Å². The van der Waals surface area contributed by atoms with Crippen molar-refractivity contribution >= 4 is 17.7 Å². The van der Waals surface area contributed by atoms with Crippen LogP contribution in [-0.4, -0.2) is 28.2 Å². The summed E-state index contributed by atoms with van der Waals surface area (Å²) in [5.41, 5.74) is 0.176. The Bertz CT molecular complexity index is 630. The fraction of sp³-hybridized carbons (Fsp3) is 0.167. The fourth-order valence-electron chi connectivity index (χ4n) is 1.50. The van der Waals surface area contributed by atoms with Gasteiger partial charge in [-0.3, -0.25) is 4.98 Å². The van der Waals surface area contributed by atoms with E-state index >= 15 is 0 Å². The smallest absolute Gasteiger partial charge is 0.356 e. The van der Waals surface area contributed by atoms with E-state index in [-0.39, 0.29) is 11.4 Å². The van der Waals surface area contributed by atoms with E-state index in [9.17, 15) is 14.7 Å². The molecular weight excluding hydrogens is 268 g/mol. The Morgan fingerprint density at radius 3 is 2.63 bits per heavy atom. The van der Waals surface area contributed by atoms with Crippen molar-refractivity contribution in [3.63, 3.8) is 0 Å². The zero-order chi connectivity index (χ0) is 13.8. The number of aromatic nitrogens is 2. The topological polar surface area (TPSA) is 95.2 Å². The third-order valence-corrected chi connectivity index (χ3v) is 3.45. The highest BCUT2D eigenvalue weighted by molar-refractivity contribution is 7.98. The number of phenols is 1. The lowest BCUT2D eigenvalue weighted by Gasteiger charge is -2.02. The van der Waals surface area contributed by atoms with E-state index in [4.69, 9.17) is 0 Å². The van der Waals surface area contributed by atoms with Crippen molar-refractivity contribution in [3.05, 3.63) is 46.1 Å². The molecule has 0 radical (unpaired) electrons. The van der Waals surface area contributed by atoms with Gasteiger partial charge in [0, 0.05) is 10.6 Å². The Balaban J connectivity index is 2.13. The molecule has 0 fully saturated rings. The second-order valence-electron chi connectivity index (χ2n) is 3.71. The number of carbonyl (C=O) groups is 1. The lowest BCUT2D eigenvalue weighted by Crippen LogP contribution is -2.06. The predicted molar refractivity (Wildman–Crippen MR) is 70.4 cm³/mol. The van der Waals surface area contributed by atoms with Crippen molar-refractivity contribution in [1.29, 1.82) is 0 Å². The van der Waals surface area contributed by atoms with Crippen LogP contribution in [0.3, 0.4) is 0 Å². The molecule has 1 heterocycles. The fourth-order valence-corrected chi connectivity index (χ4v) is 2.36. The number of methoxy groups -OCH3 is 1. The number of carbonyl (C=O) groups excluding carboxylic acids is 1. The van der Waals surface area contributed by atoms with Crippen molar-refractivity contribution in [2.75, 3.05) is 7.11 Å². The molecule has 1 aromatic carbocycles. The standard InChI is InChI=1S/C12H12N2O4S/c1-18-11(16)10-9(13-12(17)14-10)6-19-8-4-2-7(15)3-5-8/h2-5,15H,6H2,1H3,(H2,13,14,17). The maximum Gasteiger partial charge on any atom is 0.356 e. The molecule has 6 nitrogen and oxygen atoms in total. The highest BCUT2D eigenvalue weighted by Crippen LogP contribution is 2.24. The summed E-state index contributed by atoms with van der Waals surface area (Å²) in [5.74, 6) is 0.0165. The van der Waals surface area contributed by atoms with Crippen molar-refractivity contribution < 1.29 is 14.6 Å². The predicted octanol–water partition coefficient (Wildman–Crippen LogP) is 1.49. The summed E-state index contributed by atoms with van der Waals surface area (Å²) >= 11 is 1.43. The normalized spacial score (nSPS) is 10.4. The van der Waals surface area contributed by atoms with Crippen molar-refractivity contribution in [1.82, 2.24) is 9.97 Å². The molecule has 0 spiro atoms. The Morgan fingerprint density at radius 2 is 2.00 bits per heavy atom. The van der Waals surface area contributed by atoms with Crippen molar-refractivity contribution in [2.24, 2.45) is 0 Å². The van der Waals surface area contributed by atoms with E-state index in [2.05, 4.69) is 14.7 Å². The van der Waals surface area contributed by atoms with E-state index in [0.29, 0.717) is 11.4 Å². The summed E-state index contributed by atoms with van der Waals surface area (Å²) in [7, 11) is 1.25. The van der Waals surface area contributed by atoms with Crippen LogP contribution in [0.2, 0.25) is 0 Å². The number of esters is 1. The van der Waals surface area contributed by atoms with Crippen LogP contribution in [0.15, 0.2) is 34.0 Å². The third-order valence-electron chi connectivity index (χ3n) is 2.41. The monoisotopic (exact) mass is 280 g/mol. The minimum atomic E-state index is -0.584. The molecule has 100 valence electrons. The molecule has 2 aromatic rings. The largest absolute Gasteiger partial charge is 0.508 e. The number of nitrogens with one attached hydrogen (secondary N) is 2. The molecule has 0 saturated carbocycles. The number of aromatic hydroxyl groups is 1. The number of ether oxygens (including phenoxy) is 1. The van der Waals surface area contributed by atoms with Gasteiger partial charge in [0.2, 0.25) is 0 Å². The Labute approximate surface area is 112 Å². The lowest BCUT2D eigenvalue weighted by atomic mass is 10.3. The lowest BCUT2D eigenvalue weighted by molar-refractivity contribution is 0.0593. The molecule has 0 aliphatic carbocycles. The summed E-state index contributed by atoms with van der Waals surface area (Å²) in [4.78, 5) is 28.5. The summed E-state index contributed by atoms with van der Waals surface area (Å²) in [5, 5.41) is 9.17. The van der Waals surface area contributed by atoms with Crippen molar-refractivity contribution in [2.45, 2.75) is 10.6 Å². The SMILES string of the molecule is COC(=O)c1[nH]c(=O)[nH]c1CSc1ccc(O)cc1. The number of H-pyrrole nitrogens is 2. The van der Waals surface area contributed by atoms with Gasteiger partial charge < -0.3 is 14.8 Å². The minimum Gasteiger partial charge on any atom is -0.508 e. The first-order chi connectivity index (χ1) is 9.10. The molecule has 7 heteroatoms. The highest BCUT2D eigenvalue weighted by Gasteiger charge is 2.15. The van der Waals surface area contributed by atoms with Crippen LogP contribution in [0.4, 0.5) is 0 Å². The van der Waals surface area contributed by atoms with Gasteiger partial charge in [-0.1, -0.05) is 0 Å². The molecule has 3 N–H and O–H groups in total. The number of imidazole rings is 1. The number of hydrogen-bond acceptors (Lipinski definition) is 5. The molecule has 2 rings (SSSR count). The van der Waals surface area contributed by atoms with Gasteiger partial charge >= 0.3 is 11.7 Å². The number of aromatic amines is 2. The van der Waals surface area contributed by atoms with E-state index < -0.39 is 11.7 Å². The van der Waals surface area contributed by atoms with Crippen LogP contribution in [0.1, 0.15) is 16.2 Å². The first kappa shape index (κ1) is 13.3. The average Bonchev–Trinajstić information content (AvgIpc) is 2.78. The van der Waals surface area contributed by atoms with Gasteiger partial charge in [0.15, 0.2) is 0 Å². The van der Waals surface area contributed by atoms with Gasteiger partial charge in [0.05, 0.1) is 12.8 Å². The van der Waals surface area contributed by atoms with Crippen LogP contribution < -0.4 is 5.69 Å². The molecule has 0 atom stereocenters.